The van der Waals surface area contributed by atoms with Crippen LogP contribution in [0, 0.1) is 5.92 Å². The average Bonchev–Trinajstić information content (AvgIpc) is 2.98. The van der Waals surface area contributed by atoms with Crippen molar-refractivity contribution in [3.8, 4) is 0 Å². The van der Waals surface area contributed by atoms with E-state index in [1.54, 1.807) is 4.90 Å². The van der Waals surface area contributed by atoms with Crippen molar-refractivity contribution in [1.29, 1.82) is 0 Å². The monoisotopic (exact) mass is 268 g/mol. The van der Waals surface area contributed by atoms with Crippen LogP contribution in [0.3, 0.4) is 0 Å². The predicted molar refractivity (Wildman–Crippen MR) is 71.4 cm³/mol. The highest BCUT2D eigenvalue weighted by atomic mass is 16.3. The molecule has 108 valence electrons. The number of β-amino-alcohol motifs (C(OH)–C–C–N with tert-alkyl or cyclic N) is 1. The van der Waals surface area contributed by atoms with Gasteiger partial charge in [0.25, 0.3) is 0 Å². The van der Waals surface area contributed by atoms with Gasteiger partial charge in [0.15, 0.2) is 0 Å². The maximum Gasteiger partial charge on any atom is 0.224 e. The van der Waals surface area contributed by atoms with Gasteiger partial charge in [-0.15, -0.1) is 0 Å². The van der Waals surface area contributed by atoms with Gasteiger partial charge in [-0.05, 0) is 26.2 Å². The first-order valence-electron chi connectivity index (χ1n) is 7.32. The summed E-state index contributed by atoms with van der Waals surface area (Å²) in [4.78, 5) is 25.6. The number of carbonyl (C=O) groups excluding carboxylic acids is 2. The number of likely N-dealkylation sites (tertiary alicyclic amines) is 1. The van der Waals surface area contributed by atoms with E-state index in [4.69, 9.17) is 0 Å². The second-order valence-electron chi connectivity index (χ2n) is 5.88. The topological polar surface area (TPSA) is 69.6 Å². The zero-order valence-corrected chi connectivity index (χ0v) is 11.6. The number of nitrogens with zero attached hydrogens (tertiary/aromatic N) is 1. The van der Waals surface area contributed by atoms with Crippen LogP contribution in [0.15, 0.2) is 0 Å². The molecular formula is C14H24N2O3. The van der Waals surface area contributed by atoms with Crippen LogP contribution in [0.2, 0.25) is 0 Å². The minimum absolute atomic E-state index is 0.0239. The van der Waals surface area contributed by atoms with E-state index >= 15 is 0 Å². The summed E-state index contributed by atoms with van der Waals surface area (Å²) in [6, 6.07) is -0.127. The molecule has 0 spiro atoms. The lowest BCUT2D eigenvalue weighted by atomic mass is 10.1. The Hall–Kier alpha value is -1.10. The molecule has 19 heavy (non-hydrogen) atoms. The molecule has 1 aliphatic heterocycles. The third kappa shape index (κ3) is 3.93. The van der Waals surface area contributed by atoms with Crippen molar-refractivity contribution in [2.75, 3.05) is 13.1 Å². The van der Waals surface area contributed by atoms with Gasteiger partial charge in [0.1, 0.15) is 0 Å². The average molecular weight is 268 g/mol. The van der Waals surface area contributed by atoms with Crippen LogP contribution in [0.1, 0.15) is 45.4 Å². The fourth-order valence-corrected chi connectivity index (χ4v) is 2.96. The number of rotatable bonds is 4. The molecule has 2 rings (SSSR count). The Morgan fingerprint density at radius 1 is 1.32 bits per heavy atom. The Balaban J connectivity index is 1.72. The van der Waals surface area contributed by atoms with Gasteiger partial charge >= 0.3 is 0 Å². The summed E-state index contributed by atoms with van der Waals surface area (Å²) in [5, 5.41) is 12.3. The summed E-state index contributed by atoms with van der Waals surface area (Å²) in [6.45, 7) is 2.93. The molecule has 1 unspecified atom stereocenters. The molecule has 2 atom stereocenters. The first-order valence-corrected chi connectivity index (χ1v) is 7.32. The minimum Gasteiger partial charge on any atom is -0.391 e. The smallest absolute Gasteiger partial charge is 0.224 e. The molecule has 0 aromatic heterocycles. The van der Waals surface area contributed by atoms with Crippen LogP contribution in [0.25, 0.3) is 0 Å². The van der Waals surface area contributed by atoms with Gasteiger partial charge in [0, 0.05) is 31.5 Å². The van der Waals surface area contributed by atoms with Crippen molar-refractivity contribution in [2.45, 2.75) is 57.6 Å². The Morgan fingerprint density at radius 3 is 2.58 bits per heavy atom. The van der Waals surface area contributed by atoms with E-state index in [1.165, 1.54) is 0 Å². The SMILES string of the molecule is CC(CC(=O)N1CC[C@@H](O)C1)NC(=O)C1CCCC1. The van der Waals surface area contributed by atoms with Crippen molar-refractivity contribution in [3.63, 3.8) is 0 Å². The molecule has 0 aromatic rings. The lowest BCUT2D eigenvalue weighted by Gasteiger charge is -2.20. The molecule has 2 fully saturated rings. The van der Waals surface area contributed by atoms with Gasteiger partial charge in [-0.1, -0.05) is 12.8 Å². The Morgan fingerprint density at radius 2 is 2.00 bits per heavy atom. The standard InChI is InChI=1S/C14H24N2O3/c1-10(15-14(19)11-4-2-3-5-11)8-13(18)16-7-6-12(17)9-16/h10-12,17H,2-9H2,1H3,(H,15,19)/t10?,12-/m1/s1. The zero-order valence-electron chi connectivity index (χ0n) is 11.6. The van der Waals surface area contributed by atoms with Crippen molar-refractivity contribution < 1.29 is 14.7 Å². The van der Waals surface area contributed by atoms with Gasteiger partial charge in [0.05, 0.1) is 6.10 Å². The fourth-order valence-electron chi connectivity index (χ4n) is 2.96. The number of hydrogen-bond acceptors (Lipinski definition) is 3. The van der Waals surface area contributed by atoms with E-state index in [1.807, 2.05) is 6.92 Å². The van der Waals surface area contributed by atoms with Crippen molar-refractivity contribution in [2.24, 2.45) is 5.92 Å². The zero-order chi connectivity index (χ0) is 13.8. The molecule has 5 heteroatoms. The lowest BCUT2D eigenvalue weighted by Crippen LogP contribution is -2.40. The van der Waals surface area contributed by atoms with E-state index in [2.05, 4.69) is 5.32 Å². The van der Waals surface area contributed by atoms with Crippen LogP contribution in [-0.4, -0.2) is 47.1 Å². The second-order valence-corrected chi connectivity index (χ2v) is 5.88. The first-order chi connectivity index (χ1) is 9.06. The van der Waals surface area contributed by atoms with Crippen molar-refractivity contribution in [1.82, 2.24) is 10.2 Å². The summed E-state index contributed by atoms with van der Waals surface area (Å²) in [5.74, 6) is 0.265. The first kappa shape index (κ1) is 14.3. The van der Waals surface area contributed by atoms with Crippen LogP contribution in [0.5, 0.6) is 0 Å². The molecule has 2 aliphatic rings. The molecule has 1 heterocycles. The van der Waals surface area contributed by atoms with Crippen molar-refractivity contribution >= 4 is 11.8 Å². The molecule has 1 saturated carbocycles. The Bertz CT molecular complexity index is 340. The minimum atomic E-state index is -0.382. The number of aliphatic hydroxyl groups is 1. The molecular weight excluding hydrogens is 244 g/mol. The number of aliphatic hydroxyl groups excluding tert-OH is 1. The van der Waals surface area contributed by atoms with Gasteiger partial charge in [-0.25, -0.2) is 0 Å². The molecule has 2 amide bonds. The fraction of sp³-hybridized carbons (Fsp3) is 0.857. The largest absolute Gasteiger partial charge is 0.391 e. The van der Waals surface area contributed by atoms with Crippen LogP contribution in [-0.2, 0) is 9.59 Å². The second kappa shape index (κ2) is 6.37. The number of amides is 2. The van der Waals surface area contributed by atoms with Crippen molar-refractivity contribution in [3.05, 3.63) is 0 Å². The highest BCUT2D eigenvalue weighted by Crippen LogP contribution is 2.24. The summed E-state index contributed by atoms with van der Waals surface area (Å²) < 4.78 is 0. The summed E-state index contributed by atoms with van der Waals surface area (Å²) in [7, 11) is 0. The Kier molecular flexibility index (Phi) is 4.80. The molecule has 5 nitrogen and oxygen atoms in total. The maximum absolute atomic E-state index is 12.0. The van der Waals surface area contributed by atoms with Gasteiger partial charge in [0.2, 0.25) is 11.8 Å². The van der Waals surface area contributed by atoms with Gasteiger partial charge < -0.3 is 15.3 Å². The lowest BCUT2D eigenvalue weighted by molar-refractivity contribution is -0.131. The van der Waals surface area contributed by atoms with Gasteiger partial charge in [-0.2, -0.15) is 0 Å². The van der Waals surface area contributed by atoms with Crippen LogP contribution >= 0.6 is 0 Å². The molecule has 1 aliphatic carbocycles. The molecule has 0 bridgehead atoms. The summed E-state index contributed by atoms with van der Waals surface area (Å²) in [5.41, 5.74) is 0. The van der Waals surface area contributed by atoms with E-state index in [0.29, 0.717) is 25.9 Å². The summed E-state index contributed by atoms with van der Waals surface area (Å²) >= 11 is 0. The van der Waals surface area contributed by atoms with E-state index < -0.39 is 0 Å². The van der Waals surface area contributed by atoms with E-state index in [0.717, 1.165) is 25.7 Å². The summed E-state index contributed by atoms with van der Waals surface area (Å²) in [6.07, 6.45) is 4.83. The predicted octanol–water partition coefficient (Wildman–Crippen LogP) is 0.665. The third-order valence-corrected chi connectivity index (χ3v) is 4.11. The molecule has 1 saturated heterocycles. The highest BCUT2D eigenvalue weighted by Gasteiger charge is 2.27. The number of nitrogens with one attached hydrogen (secondary N) is 1. The van der Waals surface area contributed by atoms with E-state index in [-0.39, 0.29) is 29.9 Å². The van der Waals surface area contributed by atoms with Gasteiger partial charge in [-0.3, -0.25) is 9.59 Å². The van der Waals surface area contributed by atoms with Crippen LogP contribution in [0.4, 0.5) is 0 Å². The quantitative estimate of drug-likeness (QED) is 0.787. The number of carbonyl (C=O) groups is 2. The highest BCUT2D eigenvalue weighted by molar-refractivity contribution is 5.81. The molecule has 2 N–H and O–H groups in total. The maximum atomic E-state index is 12.0. The number of hydrogen-bond donors (Lipinski definition) is 2. The third-order valence-electron chi connectivity index (χ3n) is 4.11. The normalized spacial score (nSPS) is 25.6. The van der Waals surface area contributed by atoms with Crippen LogP contribution < -0.4 is 5.32 Å². The molecule has 0 aromatic carbocycles. The van der Waals surface area contributed by atoms with E-state index in [9.17, 15) is 14.7 Å². The Labute approximate surface area is 114 Å². The molecule has 0 radical (unpaired) electrons.